The highest BCUT2D eigenvalue weighted by molar-refractivity contribution is 5.77. The fraction of sp³-hybridized carbons (Fsp3) is 0.208. The number of hydrogen-bond donors (Lipinski definition) is 2. The number of oxazole rings is 1. The first-order chi connectivity index (χ1) is 16.2. The van der Waals surface area contributed by atoms with Crippen LogP contribution in [-0.2, 0) is 0 Å². The van der Waals surface area contributed by atoms with E-state index in [0.717, 1.165) is 12.5 Å². The van der Waals surface area contributed by atoms with Gasteiger partial charge in [-0.2, -0.15) is 0 Å². The van der Waals surface area contributed by atoms with Crippen LogP contribution in [0.4, 0.5) is 13.6 Å². The van der Waals surface area contributed by atoms with Crippen LogP contribution in [0.3, 0.4) is 0 Å². The van der Waals surface area contributed by atoms with E-state index < -0.39 is 24.7 Å². The Balaban J connectivity index is 1.47. The zero-order chi connectivity index (χ0) is 24.3. The molecule has 1 atom stereocenters. The lowest BCUT2D eigenvalue weighted by atomic mass is 10.1. The first-order valence-electron chi connectivity index (χ1n) is 10.3. The van der Waals surface area contributed by atoms with Crippen molar-refractivity contribution in [3.63, 3.8) is 0 Å². The number of rotatable bonds is 8. The number of carbonyl (C=O) groups is 1. The molecule has 0 aliphatic heterocycles. The van der Waals surface area contributed by atoms with E-state index in [1.807, 2.05) is 0 Å². The number of hydrogen-bond acceptors (Lipinski definition) is 6. The molecule has 176 valence electrons. The second-order valence-electron chi connectivity index (χ2n) is 7.74. The molecule has 1 amide bonds. The van der Waals surface area contributed by atoms with Gasteiger partial charge in [-0.3, -0.25) is 0 Å². The molecule has 2 aromatic heterocycles. The van der Waals surface area contributed by atoms with Gasteiger partial charge in [0.25, 0.3) is 5.92 Å². The van der Waals surface area contributed by atoms with Crippen molar-refractivity contribution in [3.8, 4) is 28.8 Å². The molecule has 2 heterocycles. The fourth-order valence-corrected chi connectivity index (χ4v) is 3.13. The van der Waals surface area contributed by atoms with E-state index in [0.29, 0.717) is 28.3 Å². The van der Waals surface area contributed by atoms with Gasteiger partial charge >= 0.3 is 6.09 Å². The van der Waals surface area contributed by atoms with E-state index in [2.05, 4.69) is 15.3 Å². The molecule has 4 rings (SSSR count). The Morgan fingerprint density at radius 3 is 2.68 bits per heavy atom. The van der Waals surface area contributed by atoms with Crippen molar-refractivity contribution < 1.29 is 32.6 Å². The fourth-order valence-electron chi connectivity index (χ4n) is 3.13. The van der Waals surface area contributed by atoms with Crippen LogP contribution in [0.1, 0.15) is 25.5 Å². The van der Waals surface area contributed by atoms with Gasteiger partial charge in [0.1, 0.15) is 17.0 Å². The van der Waals surface area contributed by atoms with Crippen molar-refractivity contribution in [2.24, 2.45) is 0 Å². The third kappa shape index (κ3) is 5.77. The number of amides is 1. The molecule has 0 saturated carbocycles. The number of fused-ring (bicyclic) bond motifs is 1. The standard InChI is InChI=1S/C24H21F2N3O5/c1-14(28-23(30)31)15-6-8-19-20(10-15)34-22(29-19)16-7-9-21(27-12-16)33-18-5-3-4-17(11-18)32-13-24(2,25)26/h3-12,14,28H,13H2,1-2H3,(H,30,31). The summed E-state index contributed by atoms with van der Waals surface area (Å²) in [7, 11) is 0. The van der Waals surface area contributed by atoms with Crippen molar-refractivity contribution in [3.05, 3.63) is 66.4 Å². The topological polar surface area (TPSA) is 107 Å². The van der Waals surface area contributed by atoms with E-state index in [1.165, 1.54) is 12.3 Å². The molecule has 0 bridgehead atoms. The molecule has 1 unspecified atom stereocenters. The van der Waals surface area contributed by atoms with Gasteiger partial charge in [0.15, 0.2) is 12.2 Å². The number of nitrogens with zero attached hydrogens (tertiary/aromatic N) is 2. The summed E-state index contributed by atoms with van der Waals surface area (Å²) in [6, 6.07) is 14.6. The Morgan fingerprint density at radius 1 is 1.18 bits per heavy atom. The number of benzene rings is 2. The summed E-state index contributed by atoms with van der Waals surface area (Å²) in [5, 5.41) is 11.3. The molecule has 10 heteroatoms. The summed E-state index contributed by atoms with van der Waals surface area (Å²) in [5.74, 6) is -1.66. The number of alkyl halides is 2. The summed E-state index contributed by atoms with van der Waals surface area (Å²) in [5.41, 5.74) is 2.50. The van der Waals surface area contributed by atoms with Gasteiger partial charge in [-0.25, -0.2) is 23.5 Å². The molecule has 0 saturated heterocycles. The average molecular weight is 469 g/mol. The Labute approximate surface area is 193 Å². The average Bonchev–Trinajstić information content (AvgIpc) is 3.21. The van der Waals surface area contributed by atoms with Crippen molar-refractivity contribution in [2.45, 2.75) is 25.8 Å². The van der Waals surface area contributed by atoms with Gasteiger partial charge in [-0.05, 0) is 42.8 Å². The Bertz CT molecular complexity index is 1300. The number of carboxylic acid groups (broad SMARTS) is 1. The van der Waals surface area contributed by atoms with E-state index in [-0.39, 0.29) is 11.6 Å². The van der Waals surface area contributed by atoms with Crippen LogP contribution in [0, 0.1) is 0 Å². The van der Waals surface area contributed by atoms with Crippen molar-refractivity contribution in [1.82, 2.24) is 15.3 Å². The molecular weight excluding hydrogens is 448 g/mol. The minimum atomic E-state index is -2.94. The molecule has 8 nitrogen and oxygen atoms in total. The summed E-state index contributed by atoms with van der Waals surface area (Å²) >= 11 is 0. The Kier molecular flexibility index (Phi) is 6.31. The van der Waals surface area contributed by atoms with Crippen LogP contribution in [-0.4, -0.2) is 33.7 Å². The maximum Gasteiger partial charge on any atom is 0.405 e. The molecule has 0 aliphatic rings. The molecule has 0 radical (unpaired) electrons. The molecule has 0 fully saturated rings. The highest BCUT2D eigenvalue weighted by Gasteiger charge is 2.22. The molecule has 0 spiro atoms. The normalized spacial score (nSPS) is 12.4. The summed E-state index contributed by atoms with van der Waals surface area (Å²) in [6.45, 7) is 1.78. The third-order valence-electron chi connectivity index (χ3n) is 4.76. The second-order valence-corrected chi connectivity index (χ2v) is 7.74. The zero-order valence-corrected chi connectivity index (χ0v) is 18.3. The molecule has 34 heavy (non-hydrogen) atoms. The van der Waals surface area contributed by atoms with Crippen molar-refractivity contribution >= 4 is 17.2 Å². The van der Waals surface area contributed by atoms with Gasteiger partial charge < -0.3 is 24.3 Å². The largest absolute Gasteiger partial charge is 0.487 e. The van der Waals surface area contributed by atoms with Crippen LogP contribution in [0.15, 0.2) is 65.2 Å². The molecule has 4 aromatic rings. The van der Waals surface area contributed by atoms with Crippen LogP contribution in [0.5, 0.6) is 17.4 Å². The quantitative estimate of drug-likeness (QED) is 0.324. The lowest BCUT2D eigenvalue weighted by Crippen LogP contribution is -2.24. The maximum atomic E-state index is 13.0. The molecule has 0 aliphatic carbocycles. The van der Waals surface area contributed by atoms with Gasteiger partial charge in [-0.1, -0.05) is 12.1 Å². The molecule has 2 aromatic carbocycles. The number of halogens is 2. The summed E-state index contributed by atoms with van der Waals surface area (Å²) in [6.07, 6.45) is 0.425. The summed E-state index contributed by atoms with van der Waals surface area (Å²) in [4.78, 5) is 19.6. The Morgan fingerprint density at radius 2 is 1.97 bits per heavy atom. The van der Waals surface area contributed by atoms with Crippen LogP contribution in [0.25, 0.3) is 22.6 Å². The minimum absolute atomic E-state index is 0.259. The lowest BCUT2D eigenvalue weighted by Gasteiger charge is -2.12. The van der Waals surface area contributed by atoms with Crippen molar-refractivity contribution in [1.29, 1.82) is 0 Å². The van der Waals surface area contributed by atoms with Crippen LogP contribution in [0.2, 0.25) is 0 Å². The van der Waals surface area contributed by atoms with Crippen LogP contribution >= 0.6 is 0 Å². The third-order valence-corrected chi connectivity index (χ3v) is 4.76. The van der Waals surface area contributed by atoms with Gasteiger partial charge in [0, 0.05) is 25.3 Å². The van der Waals surface area contributed by atoms with Crippen LogP contribution < -0.4 is 14.8 Å². The lowest BCUT2D eigenvalue weighted by molar-refractivity contribution is -0.0230. The predicted molar refractivity (Wildman–Crippen MR) is 119 cm³/mol. The second kappa shape index (κ2) is 9.34. The number of nitrogens with one attached hydrogen (secondary N) is 1. The minimum Gasteiger partial charge on any atom is -0.487 e. The first-order valence-corrected chi connectivity index (χ1v) is 10.3. The van der Waals surface area contributed by atoms with Gasteiger partial charge in [-0.15, -0.1) is 0 Å². The highest BCUT2D eigenvalue weighted by Crippen LogP contribution is 2.29. The highest BCUT2D eigenvalue weighted by atomic mass is 19.3. The maximum absolute atomic E-state index is 13.0. The Hall–Kier alpha value is -4.21. The molecule has 2 N–H and O–H groups in total. The first kappa shape index (κ1) is 23.0. The van der Waals surface area contributed by atoms with Crippen molar-refractivity contribution in [2.75, 3.05) is 6.61 Å². The predicted octanol–water partition coefficient (Wildman–Crippen LogP) is 6.04. The zero-order valence-electron chi connectivity index (χ0n) is 18.3. The monoisotopic (exact) mass is 469 g/mol. The van der Waals surface area contributed by atoms with E-state index in [4.69, 9.17) is 19.0 Å². The van der Waals surface area contributed by atoms with Gasteiger partial charge in [0.2, 0.25) is 11.8 Å². The SMILES string of the molecule is CC(NC(=O)O)c1ccc2nc(-c3ccc(Oc4cccc(OCC(C)(F)F)c4)nc3)oc2c1. The van der Waals surface area contributed by atoms with Gasteiger partial charge in [0.05, 0.1) is 11.6 Å². The van der Waals surface area contributed by atoms with E-state index in [1.54, 1.807) is 55.5 Å². The van der Waals surface area contributed by atoms with E-state index in [9.17, 15) is 13.6 Å². The summed E-state index contributed by atoms with van der Waals surface area (Å²) < 4.78 is 42.6. The number of pyridine rings is 1. The smallest absolute Gasteiger partial charge is 0.405 e. The number of aromatic nitrogens is 2. The van der Waals surface area contributed by atoms with E-state index >= 15 is 0 Å². The number of ether oxygens (including phenoxy) is 2. The molecular formula is C24H21F2N3O5.